The van der Waals surface area contributed by atoms with Crippen LogP contribution in [0.2, 0.25) is 0 Å². The maximum absolute atomic E-state index is 9.00. The van der Waals surface area contributed by atoms with E-state index in [2.05, 4.69) is 103 Å². The Hall–Kier alpha value is -8.08. The number of para-hydroxylation sites is 3. The molecule has 0 unspecified atom stereocenters. The number of anilines is 7. The van der Waals surface area contributed by atoms with E-state index >= 15 is 0 Å². The highest BCUT2D eigenvalue weighted by atomic mass is 16.4. The van der Waals surface area contributed by atoms with Gasteiger partial charge in [0.05, 0.1) is 0 Å². The molecule has 0 bridgehead atoms. The Morgan fingerprint density at radius 1 is 0.359 bits per heavy atom. The van der Waals surface area contributed by atoms with Crippen molar-refractivity contribution in [3.63, 3.8) is 0 Å². The van der Waals surface area contributed by atoms with Crippen LogP contribution in [-0.2, 0) is 19.2 Å². The standard InChI is InChI=1S/C14H16N2.C8H11N.3C6H7N.4C2H4O2.2H2O/c1-11-3-5-13(6-4-11)16-14-9-7-12(15-2)8-10-14;1-7-3-5-8(9-2)6-4-7;3*7-6-4-2-1-3-5-6;4*1-2(3)4;;/h3-10,15-16H,1-2H3;3-6,9H,1-2H3;3*1-5H,7H2;4*1H3,(H,3,4);2*1H2. The average molecular weight is 889 g/mol. The lowest BCUT2D eigenvalue weighted by atomic mass is 10.2. The summed E-state index contributed by atoms with van der Waals surface area (Å²) in [6.07, 6.45) is 0. The van der Waals surface area contributed by atoms with Gasteiger partial charge in [0.25, 0.3) is 23.9 Å². The molecule has 6 aromatic rings. The van der Waals surface area contributed by atoms with E-state index in [9.17, 15) is 0 Å². The lowest BCUT2D eigenvalue weighted by Crippen LogP contribution is -1.91. The Kier molecular flexibility index (Phi) is 43.7. The van der Waals surface area contributed by atoms with Crippen LogP contribution in [0.15, 0.2) is 164 Å². The molecule has 0 radical (unpaired) electrons. The van der Waals surface area contributed by atoms with E-state index in [1.165, 1.54) is 16.8 Å². The van der Waals surface area contributed by atoms with E-state index in [4.69, 9.17) is 56.8 Å². The van der Waals surface area contributed by atoms with Gasteiger partial charge in [0.15, 0.2) is 0 Å². The Morgan fingerprint density at radius 3 is 0.703 bits per heavy atom. The van der Waals surface area contributed by atoms with Gasteiger partial charge in [-0.25, -0.2) is 0 Å². The lowest BCUT2D eigenvalue weighted by Gasteiger charge is -2.07. The summed E-state index contributed by atoms with van der Waals surface area (Å²) in [7, 11) is 3.84. The van der Waals surface area contributed by atoms with Gasteiger partial charge in [-0.1, -0.05) is 90.0 Å². The second-order valence-electron chi connectivity index (χ2n) is 12.2. The molecule has 16 nitrogen and oxygen atoms in total. The number of nitrogens with one attached hydrogen (secondary N) is 3. The zero-order valence-corrected chi connectivity index (χ0v) is 37.7. The van der Waals surface area contributed by atoms with Crippen LogP contribution in [0, 0.1) is 13.8 Å². The molecule has 17 N–H and O–H groups in total. The first kappa shape index (κ1) is 65.1. The summed E-state index contributed by atoms with van der Waals surface area (Å²) in [5, 5.41) is 39.2. The van der Waals surface area contributed by atoms with Crippen molar-refractivity contribution in [2.75, 3.05) is 47.2 Å². The fourth-order valence-corrected chi connectivity index (χ4v) is 3.60. The zero-order chi connectivity index (χ0) is 47.7. The van der Waals surface area contributed by atoms with Crippen molar-refractivity contribution < 1.29 is 50.6 Å². The number of hydrogen-bond acceptors (Lipinski definition) is 10. The Morgan fingerprint density at radius 2 is 0.531 bits per heavy atom. The smallest absolute Gasteiger partial charge is 0.300 e. The first-order chi connectivity index (χ1) is 29.2. The molecule has 0 amide bonds. The van der Waals surface area contributed by atoms with Gasteiger partial charge in [-0.15, -0.1) is 0 Å². The highest BCUT2D eigenvalue weighted by Gasteiger charge is 1.94. The van der Waals surface area contributed by atoms with Gasteiger partial charge in [-0.2, -0.15) is 0 Å². The van der Waals surface area contributed by atoms with E-state index in [1.54, 1.807) is 0 Å². The third-order valence-electron chi connectivity index (χ3n) is 6.25. The maximum Gasteiger partial charge on any atom is 0.300 e. The van der Waals surface area contributed by atoms with Gasteiger partial charge in [-0.05, 0) is 98.8 Å². The minimum absolute atomic E-state index is 0. The lowest BCUT2D eigenvalue weighted by molar-refractivity contribution is -0.135. The van der Waals surface area contributed by atoms with Crippen LogP contribution in [0.1, 0.15) is 38.8 Å². The fraction of sp³-hybridized carbons (Fsp3) is 0.167. The van der Waals surface area contributed by atoms with Gasteiger partial charge in [-0.3, -0.25) is 19.2 Å². The molecule has 0 aliphatic heterocycles. The number of carboxylic acids is 4. The highest BCUT2D eigenvalue weighted by Crippen LogP contribution is 2.19. The fourth-order valence-electron chi connectivity index (χ4n) is 3.60. The maximum atomic E-state index is 9.00. The van der Waals surface area contributed by atoms with E-state index < -0.39 is 23.9 Å². The molecule has 16 heteroatoms. The van der Waals surface area contributed by atoms with Crippen molar-refractivity contribution in [3.8, 4) is 0 Å². The number of hydrogen-bond donors (Lipinski definition) is 10. The second-order valence-corrected chi connectivity index (χ2v) is 12.2. The number of aryl methyl sites for hydroxylation is 2. The molecule has 0 fully saturated rings. The highest BCUT2D eigenvalue weighted by molar-refractivity contribution is 5.64. The van der Waals surface area contributed by atoms with Crippen molar-refractivity contribution in [2.45, 2.75) is 41.5 Å². The van der Waals surface area contributed by atoms with E-state index in [0.29, 0.717) is 0 Å². The number of benzene rings is 6. The molecule has 0 spiro atoms. The molecule has 0 saturated carbocycles. The van der Waals surface area contributed by atoms with Crippen LogP contribution in [0.4, 0.5) is 39.8 Å². The van der Waals surface area contributed by atoms with Gasteiger partial charge in [0, 0.05) is 81.6 Å². The molecular formula is C48H68N6O10. The molecule has 0 atom stereocenters. The molecule has 350 valence electrons. The first-order valence-electron chi connectivity index (χ1n) is 18.8. The number of carbonyl (C=O) groups is 4. The summed E-state index contributed by atoms with van der Waals surface area (Å²) in [6, 6.07) is 53.4. The average Bonchev–Trinajstić information content (AvgIpc) is 3.20. The molecule has 6 aromatic carbocycles. The van der Waals surface area contributed by atoms with Crippen molar-refractivity contribution in [1.29, 1.82) is 0 Å². The van der Waals surface area contributed by atoms with Gasteiger partial charge < -0.3 is 64.5 Å². The summed E-state index contributed by atoms with van der Waals surface area (Å²) in [5.74, 6) is -3.33. The number of nitrogen functional groups attached to an aromatic ring is 3. The second kappa shape index (κ2) is 43.0. The van der Waals surface area contributed by atoms with Crippen molar-refractivity contribution in [3.05, 3.63) is 175 Å². The van der Waals surface area contributed by atoms with Crippen LogP contribution in [0.5, 0.6) is 0 Å². The number of nitrogens with two attached hydrogens (primary N) is 3. The summed E-state index contributed by atoms with van der Waals surface area (Å²) in [4.78, 5) is 36.0. The van der Waals surface area contributed by atoms with E-state index in [1.807, 2.05) is 105 Å². The molecule has 0 aromatic heterocycles. The minimum Gasteiger partial charge on any atom is -0.481 e. The summed E-state index contributed by atoms with van der Waals surface area (Å²) in [6.45, 7) is 8.50. The summed E-state index contributed by atoms with van der Waals surface area (Å²) < 4.78 is 0. The van der Waals surface area contributed by atoms with Gasteiger partial charge >= 0.3 is 0 Å². The molecule has 0 heterocycles. The molecule has 0 aliphatic carbocycles. The summed E-state index contributed by atoms with van der Waals surface area (Å²) in [5.41, 5.74) is 25.6. The van der Waals surface area contributed by atoms with Gasteiger partial charge in [0.1, 0.15) is 0 Å². The first-order valence-corrected chi connectivity index (χ1v) is 18.8. The Bertz CT molecular complexity index is 1850. The minimum atomic E-state index is -0.833. The third-order valence-corrected chi connectivity index (χ3v) is 6.25. The van der Waals surface area contributed by atoms with Crippen LogP contribution in [-0.4, -0.2) is 69.4 Å². The largest absolute Gasteiger partial charge is 0.481 e. The predicted octanol–water partition coefficient (Wildman–Crippen LogP) is 8.34. The monoisotopic (exact) mass is 888 g/mol. The third kappa shape index (κ3) is 51.9. The topological polar surface area (TPSA) is 326 Å². The number of aliphatic carboxylic acids is 4. The number of rotatable bonds is 4. The Labute approximate surface area is 377 Å². The molecule has 64 heavy (non-hydrogen) atoms. The normalized spacial score (nSPS) is 8.12. The van der Waals surface area contributed by atoms with Crippen molar-refractivity contribution >= 4 is 63.7 Å². The van der Waals surface area contributed by atoms with Crippen LogP contribution in [0.25, 0.3) is 0 Å². The molecule has 0 aliphatic rings. The van der Waals surface area contributed by atoms with Crippen LogP contribution < -0.4 is 33.2 Å². The van der Waals surface area contributed by atoms with E-state index in [0.717, 1.165) is 61.8 Å². The molecule has 6 rings (SSSR count). The summed E-state index contributed by atoms with van der Waals surface area (Å²) >= 11 is 0. The van der Waals surface area contributed by atoms with Crippen LogP contribution >= 0.6 is 0 Å². The Balaban J connectivity index is -0.000000214. The van der Waals surface area contributed by atoms with Crippen LogP contribution in [0.3, 0.4) is 0 Å². The molecule has 0 saturated heterocycles. The van der Waals surface area contributed by atoms with Crippen molar-refractivity contribution in [2.24, 2.45) is 0 Å². The predicted molar refractivity (Wildman–Crippen MR) is 264 cm³/mol. The zero-order valence-electron chi connectivity index (χ0n) is 37.7. The van der Waals surface area contributed by atoms with Gasteiger partial charge in [0.2, 0.25) is 0 Å². The SMILES string of the molecule is CC(=O)O.CC(=O)O.CC(=O)O.CC(=O)O.CNc1ccc(C)cc1.CNc1ccc(Nc2ccc(C)cc2)cc1.Nc1ccccc1.Nc1ccccc1.Nc1ccccc1.O.O. The quantitative estimate of drug-likeness (QED) is 0.0744. The van der Waals surface area contributed by atoms with E-state index in [-0.39, 0.29) is 11.0 Å². The molecular weight excluding hydrogens is 821 g/mol. The number of carboxylic acid groups (broad SMARTS) is 4. The van der Waals surface area contributed by atoms with Crippen molar-refractivity contribution in [1.82, 2.24) is 0 Å².